The van der Waals surface area contributed by atoms with E-state index in [1.165, 1.54) is 11.3 Å². The molecule has 0 bridgehead atoms. The molecule has 0 radical (unpaired) electrons. The van der Waals surface area contributed by atoms with Crippen LogP contribution < -0.4 is 4.74 Å². The number of hydrogen-bond donors (Lipinski definition) is 1. The number of pyridine rings is 1. The molecule has 1 N–H and O–H groups in total. The van der Waals surface area contributed by atoms with Crippen LogP contribution in [0.1, 0.15) is 26.9 Å². The second-order valence-corrected chi connectivity index (χ2v) is 4.81. The number of carbonyl (C=O) groups is 1. The summed E-state index contributed by atoms with van der Waals surface area (Å²) in [6.07, 6.45) is 0. The summed E-state index contributed by atoms with van der Waals surface area (Å²) < 4.78 is 5.45. The molecule has 2 aromatic rings. The Bertz CT molecular complexity index is 580. The van der Waals surface area contributed by atoms with Gasteiger partial charge in [-0.05, 0) is 26.0 Å². The molecule has 0 atom stereocenters. The molecule has 0 aliphatic rings. The van der Waals surface area contributed by atoms with Gasteiger partial charge in [-0.3, -0.25) is 0 Å². The molecule has 2 heterocycles. The summed E-state index contributed by atoms with van der Waals surface area (Å²) in [4.78, 5) is 19.2. The maximum Gasteiger partial charge on any atom is 0.358 e. The van der Waals surface area contributed by atoms with Crippen molar-refractivity contribution in [3.63, 3.8) is 0 Å². The van der Waals surface area contributed by atoms with Gasteiger partial charge >= 0.3 is 5.97 Å². The van der Waals surface area contributed by atoms with Gasteiger partial charge in [-0.1, -0.05) is 0 Å². The van der Waals surface area contributed by atoms with Crippen LogP contribution in [0.4, 0.5) is 0 Å². The molecule has 94 valence electrons. The fourth-order valence-corrected chi connectivity index (χ4v) is 2.04. The van der Waals surface area contributed by atoms with Gasteiger partial charge in [-0.25, -0.2) is 14.8 Å². The van der Waals surface area contributed by atoms with Crippen molar-refractivity contribution < 1.29 is 14.6 Å². The molecule has 0 aliphatic carbocycles. The van der Waals surface area contributed by atoms with Crippen molar-refractivity contribution in [3.8, 4) is 5.75 Å². The van der Waals surface area contributed by atoms with E-state index < -0.39 is 5.97 Å². The van der Waals surface area contributed by atoms with Crippen molar-refractivity contribution >= 4 is 17.3 Å². The summed E-state index contributed by atoms with van der Waals surface area (Å²) in [5.41, 5.74) is 1.36. The van der Waals surface area contributed by atoms with Gasteiger partial charge in [0.25, 0.3) is 0 Å². The molecular weight excluding hydrogens is 252 g/mol. The summed E-state index contributed by atoms with van der Waals surface area (Å²) >= 11 is 1.53. The smallest absolute Gasteiger partial charge is 0.358 e. The monoisotopic (exact) mass is 264 g/mol. The fraction of sp³-hybridized carbons (Fsp3) is 0.250. The van der Waals surface area contributed by atoms with Crippen LogP contribution >= 0.6 is 11.3 Å². The number of carboxylic acids is 1. The van der Waals surface area contributed by atoms with Crippen molar-refractivity contribution in [1.82, 2.24) is 9.97 Å². The zero-order chi connectivity index (χ0) is 13.1. The summed E-state index contributed by atoms with van der Waals surface area (Å²) in [6, 6.07) is 3.33. The minimum atomic E-state index is -1.09. The molecule has 5 nitrogen and oxygen atoms in total. The molecule has 0 aliphatic heterocycles. The number of aryl methyl sites for hydroxylation is 2. The number of aromatic nitrogens is 2. The Balaban J connectivity index is 2.16. The van der Waals surface area contributed by atoms with Crippen molar-refractivity contribution in [3.05, 3.63) is 39.6 Å². The van der Waals surface area contributed by atoms with Gasteiger partial charge in [0.2, 0.25) is 0 Å². The minimum absolute atomic E-state index is 0.0676. The Morgan fingerprint density at radius 2 is 2.17 bits per heavy atom. The third-order valence-corrected chi connectivity index (χ3v) is 3.06. The summed E-state index contributed by atoms with van der Waals surface area (Å²) in [6.45, 7) is 3.89. The van der Waals surface area contributed by atoms with E-state index >= 15 is 0 Å². The van der Waals surface area contributed by atoms with Crippen molar-refractivity contribution in [2.24, 2.45) is 0 Å². The van der Waals surface area contributed by atoms with Crippen LogP contribution in [0.25, 0.3) is 0 Å². The lowest BCUT2D eigenvalue weighted by molar-refractivity contribution is 0.0684. The molecule has 0 fully saturated rings. The first-order chi connectivity index (χ1) is 8.56. The van der Waals surface area contributed by atoms with Crippen LogP contribution in [0.5, 0.6) is 5.75 Å². The third kappa shape index (κ3) is 2.84. The van der Waals surface area contributed by atoms with Crippen molar-refractivity contribution in [2.75, 3.05) is 0 Å². The molecule has 0 unspecified atom stereocenters. The quantitative estimate of drug-likeness (QED) is 0.918. The van der Waals surface area contributed by atoms with Gasteiger partial charge in [0.15, 0.2) is 11.4 Å². The van der Waals surface area contributed by atoms with E-state index in [4.69, 9.17) is 9.84 Å². The molecule has 0 saturated heterocycles. The minimum Gasteiger partial charge on any atom is -0.485 e. The first-order valence-corrected chi connectivity index (χ1v) is 6.19. The summed E-state index contributed by atoms with van der Waals surface area (Å²) in [7, 11) is 0. The first kappa shape index (κ1) is 12.5. The zero-order valence-electron chi connectivity index (χ0n) is 10.0. The van der Waals surface area contributed by atoms with E-state index in [1.807, 2.05) is 12.3 Å². The highest BCUT2D eigenvalue weighted by atomic mass is 32.1. The van der Waals surface area contributed by atoms with Crippen molar-refractivity contribution in [2.45, 2.75) is 20.5 Å². The number of carboxylic acid groups (broad SMARTS) is 1. The lowest BCUT2D eigenvalue weighted by Gasteiger charge is -2.07. The second-order valence-electron chi connectivity index (χ2n) is 3.75. The van der Waals surface area contributed by atoms with Crippen LogP contribution in [-0.2, 0) is 6.61 Å². The summed E-state index contributed by atoms with van der Waals surface area (Å²) in [5, 5.41) is 11.9. The van der Waals surface area contributed by atoms with Gasteiger partial charge in [-0.2, -0.15) is 0 Å². The highest BCUT2D eigenvalue weighted by Crippen LogP contribution is 2.19. The highest BCUT2D eigenvalue weighted by molar-refractivity contribution is 7.09. The molecule has 0 saturated carbocycles. The van der Waals surface area contributed by atoms with E-state index in [2.05, 4.69) is 9.97 Å². The van der Waals surface area contributed by atoms with Crippen molar-refractivity contribution in [1.29, 1.82) is 0 Å². The lowest BCUT2D eigenvalue weighted by atomic mass is 10.3. The molecule has 6 heteroatoms. The molecular formula is C12H12N2O3S. The topological polar surface area (TPSA) is 72.3 Å². The van der Waals surface area contributed by atoms with Gasteiger partial charge < -0.3 is 9.84 Å². The van der Waals surface area contributed by atoms with E-state index in [0.717, 1.165) is 10.7 Å². The van der Waals surface area contributed by atoms with Crippen LogP contribution in [0.15, 0.2) is 17.5 Å². The average Bonchev–Trinajstić information content (AvgIpc) is 2.73. The number of aromatic carboxylic acids is 1. The second kappa shape index (κ2) is 5.14. The average molecular weight is 264 g/mol. The van der Waals surface area contributed by atoms with Crippen LogP contribution in [0.3, 0.4) is 0 Å². The van der Waals surface area contributed by atoms with Gasteiger partial charge in [0, 0.05) is 11.1 Å². The Morgan fingerprint density at radius 1 is 1.39 bits per heavy atom. The molecule has 0 spiro atoms. The van der Waals surface area contributed by atoms with Crippen LogP contribution in [0, 0.1) is 13.8 Å². The standard InChI is InChI=1S/C12H12N2O3S/c1-7-3-4-10(11(13-7)12(15)16)17-5-9-6-18-8(2)14-9/h3-4,6H,5H2,1-2H3,(H,15,16). The van der Waals surface area contributed by atoms with E-state index in [9.17, 15) is 4.79 Å². The predicted molar refractivity (Wildman–Crippen MR) is 67.1 cm³/mol. The number of nitrogens with zero attached hydrogens (tertiary/aromatic N) is 2. The van der Waals surface area contributed by atoms with Gasteiger partial charge in [0.1, 0.15) is 6.61 Å². The normalized spacial score (nSPS) is 10.3. The SMILES string of the molecule is Cc1ccc(OCc2csc(C)n2)c(C(=O)O)n1. The Kier molecular flexibility index (Phi) is 3.57. The number of hydrogen-bond acceptors (Lipinski definition) is 5. The number of thiazole rings is 1. The fourth-order valence-electron chi connectivity index (χ4n) is 1.44. The number of rotatable bonds is 4. The molecule has 0 amide bonds. The van der Waals surface area contributed by atoms with E-state index in [1.54, 1.807) is 19.1 Å². The summed E-state index contributed by atoms with van der Waals surface area (Å²) in [5.74, 6) is -0.832. The van der Waals surface area contributed by atoms with Gasteiger partial charge in [-0.15, -0.1) is 11.3 Å². The Morgan fingerprint density at radius 3 is 2.78 bits per heavy atom. The number of ether oxygens (including phenoxy) is 1. The van der Waals surface area contributed by atoms with Gasteiger partial charge in [0.05, 0.1) is 10.7 Å². The van der Waals surface area contributed by atoms with E-state index in [-0.39, 0.29) is 18.1 Å². The Hall–Kier alpha value is -1.95. The predicted octanol–water partition coefficient (Wildman–Crippen LogP) is 2.43. The van der Waals surface area contributed by atoms with Crippen LogP contribution in [0.2, 0.25) is 0 Å². The highest BCUT2D eigenvalue weighted by Gasteiger charge is 2.13. The maximum absolute atomic E-state index is 11.0. The molecule has 0 aromatic carbocycles. The van der Waals surface area contributed by atoms with E-state index in [0.29, 0.717) is 5.69 Å². The van der Waals surface area contributed by atoms with Crippen LogP contribution in [-0.4, -0.2) is 21.0 Å². The third-order valence-electron chi connectivity index (χ3n) is 2.24. The molecule has 2 rings (SSSR count). The zero-order valence-corrected chi connectivity index (χ0v) is 10.8. The molecule has 2 aromatic heterocycles. The Labute approximate surface area is 108 Å². The first-order valence-electron chi connectivity index (χ1n) is 5.31. The largest absolute Gasteiger partial charge is 0.485 e. The lowest BCUT2D eigenvalue weighted by Crippen LogP contribution is -2.07. The molecule has 18 heavy (non-hydrogen) atoms. The maximum atomic E-state index is 11.0.